The van der Waals surface area contributed by atoms with Crippen LogP contribution in [-0.2, 0) is 14.2 Å². The Balaban J connectivity index is 2.16. The highest BCUT2D eigenvalue weighted by Crippen LogP contribution is 2.27. The van der Waals surface area contributed by atoms with E-state index in [1.165, 1.54) is 14.2 Å². The molecule has 112 valence electrons. The van der Waals surface area contributed by atoms with E-state index in [0.717, 1.165) is 0 Å². The molecular formula is C14H20O6. The van der Waals surface area contributed by atoms with Gasteiger partial charge in [0.05, 0.1) is 6.61 Å². The van der Waals surface area contributed by atoms with Crippen molar-refractivity contribution >= 4 is 0 Å². The second kappa shape index (κ2) is 7.01. The summed E-state index contributed by atoms with van der Waals surface area (Å²) in [5, 5.41) is 19.3. The maximum atomic E-state index is 10.1. The molecule has 0 aliphatic carbocycles. The Morgan fingerprint density at radius 3 is 2.30 bits per heavy atom. The molecule has 1 aliphatic rings. The number of aliphatic hydroxyl groups excluding tert-OH is 2. The van der Waals surface area contributed by atoms with E-state index >= 15 is 0 Å². The van der Waals surface area contributed by atoms with Gasteiger partial charge in [0.2, 0.25) is 6.29 Å². The first-order chi connectivity index (χ1) is 9.71. The van der Waals surface area contributed by atoms with Crippen LogP contribution in [0.2, 0.25) is 0 Å². The molecule has 1 aromatic rings. The van der Waals surface area contributed by atoms with Crippen molar-refractivity contribution in [1.82, 2.24) is 0 Å². The summed E-state index contributed by atoms with van der Waals surface area (Å²) < 4.78 is 21.9. The van der Waals surface area contributed by atoms with Gasteiger partial charge in [0.1, 0.15) is 30.2 Å². The van der Waals surface area contributed by atoms with Crippen molar-refractivity contribution in [3.63, 3.8) is 0 Å². The quantitative estimate of drug-likeness (QED) is 0.803. The zero-order valence-electron chi connectivity index (χ0n) is 11.5. The summed E-state index contributed by atoms with van der Waals surface area (Å²) in [5.74, 6) is 0.613. The van der Waals surface area contributed by atoms with Gasteiger partial charge in [0, 0.05) is 14.2 Å². The highest BCUT2D eigenvalue weighted by Gasteiger charge is 2.47. The molecule has 0 radical (unpaired) electrons. The third kappa shape index (κ3) is 3.11. The van der Waals surface area contributed by atoms with E-state index in [-0.39, 0.29) is 6.61 Å². The highest BCUT2D eigenvalue weighted by atomic mass is 16.7. The van der Waals surface area contributed by atoms with E-state index in [2.05, 4.69) is 0 Å². The van der Waals surface area contributed by atoms with E-state index in [4.69, 9.17) is 18.9 Å². The fraction of sp³-hybridized carbons (Fsp3) is 0.571. The van der Waals surface area contributed by atoms with Crippen molar-refractivity contribution in [2.24, 2.45) is 0 Å². The summed E-state index contributed by atoms with van der Waals surface area (Å²) in [7, 11) is 2.96. The number of hydrogen-bond acceptors (Lipinski definition) is 6. The zero-order chi connectivity index (χ0) is 14.5. The van der Waals surface area contributed by atoms with Gasteiger partial charge in [0.15, 0.2) is 0 Å². The van der Waals surface area contributed by atoms with Crippen LogP contribution in [0, 0.1) is 0 Å². The van der Waals surface area contributed by atoms with Crippen LogP contribution in [0.1, 0.15) is 0 Å². The monoisotopic (exact) mass is 284 g/mol. The molecule has 0 spiro atoms. The molecule has 20 heavy (non-hydrogen) atoms. The molecule has 0 saturated carbocycles. The second-order valence-corrected chi connectivity index (χ2v) is 4.55. The fourth-order valence-electron chi connectivity index (χ4n) is 2.29. The lowest BCUT2D eigenvalue weighted by atomic mass is 9.99. The van der Waals surface area contributed by atoms with Gasteiger partial charge in [-0.25, -0.2) is 0 Å². The molecule has 1 saturated heterocycles. The smallest absolute Gasteiger partial charge is 0.229 e. The summed E-state index contributed by atoms with van der Waals surface area (Å²) >= 11 is 0. The Morgan fingerprint density at radius 1 is 1.10 bits per heavy atom. The first kappa shape index (κ1) is 15.2. The predicted octanol–water partition coefficient (Wildman–Crippen LogP) is 0.174. The Kier molecular flexibility index (Phi) is 5.33. The molecule has 6 nitrogen and oxygen atoms in total. The van der Waals surface area contributed by atoms with E-state index in [9.17, 15) is 10.2 Å². The summed E-state index contributed by atoms with van der Waals surface area (Å²) in [6, 6.07) is 9.13. The lowest BCUT2D eigenvalue weighted by Crippen LogP contribution is -2.61. The Morgan fingerprint density at radius 2 is 1.75 bits per heavy atom. The summed E-state index contributed by atoms with van der Waals surface area (Å²) in [6.45, 7) is -0.327. The Bertz CT molecular complexity index is 398. The van der Waals surface area contributed by atoms with Gasteiger partial charge >= 0.3 is 0 Å². The minimum atomic E-state index is -0.981. The highest BCUT2D eigenvalue weighted by molar-refractivity contribution is 5.21. The van der Waals surface area contributed by atoms with E-state index < -0.39 is 30.7 Å². The third-order valence-corrected chi connectivity index (χ3v) is 3.34. The van der Waals surface area contributed by atoms with E-state index in [1.807, 2.05) is 18.2 Å². The first-order valence-corrected chi connectivity index (χ1v) is 6.43. The van der Waals surface area contributed by atoms with Gasteiger partial charge in [-0.3, -0.25) is 0 Å². The van der Waals surface area contributed by atoms with Crippen molar-refractivity contribution in [1.29, 1.82) is 0 Å². The average molecular weight is 284 g/mol. The maximum absolute atomic E-state index is 10.1. The largest absolute Gasteiger partial charge is 0.462 e. The van der Waals surface area contributed by atoms with Crippen LogP contribution >= 0.6 is 0 Å². The fourth-order valence-corrected chi connectivity index (χ4v) is 2.29. The molecule has 5 atom stereocenters. The molecule has 6 heteroatoms. The minimum Gasteiger partial charge on any atom is -0.462 e. The van der Waals surface area contributed by atoms with Crippen LogP contribution < -0.4 is 4.74 Å². The van der Waals surface area contributed by atoms with Crippen molar-refractivity contribution in [3.8, 4) is 5.75 Å². The van der Waals surface area contributed by atoms with Gasteiger partial charge in [-0.1, -0.05) is 18.2 Å². The Labute approximate surface area is 117 Å². The molecule has 2 N–H and O–H groups in total. The predicted molar refractivity (Wildman–Crippen MR) is 70.4 cm³/mol. The standard InChI is InChI=1S/C14H20O6/c1-17-12-11(16)10(8-15)20-14(13(12)18-2)19-9-6-4-3-5-7-9/h3-7,10-16H,8H2,1-2H3/t10-,11-,12+,13-,14-/m1/s1. The topological polar surface area (TPSA) is 77.4 Å². The number of rotatable bonds is 5. The van der Waals surface area contributed by atoms with Crippen molar-refractivity contribution in [3.05, 3.63) is 30.3 Å². The minimum absolute atomic E-state index is 0.327. The maximum Gasteiger partial charge on any atom is 0.229 e. The molecule has 1 heterocycles. The summed E-state index contributed by atoms with van der Waals surface area (Å²) in [4.78, 5) is 0. The molecule has 2 rings (SSSR count). The number of aliphatic hydroxyl groups is 2. The number of para-hydroxylation sites is 1. The normalized spacial score (nSPS) is 33.9. The number of ether oxygens (including phenoxy) is 4. The summed E-state index contributed by atoms with van der Waals surface area (Å²) in [6.07, 6.45) is -3.77. The second-order valence-electron chi connectivity index (χ2n) is 4.55. The van der Waals surface area contributed by atoms with Gasteiger partial charge in [-0.05, 0) is 12.1 Å². The van der Waals surface area contributed by atoms with Gasteiger partial charge in [0.25, 0.3) is 0 Å². The number of hydrogen-bond donors (Lipinski definition) is 2. The van der Waals surface area contributed by atoms with Gasteiger partial charge in [-0.15, -0.1) is 0 Å². The summed E-state index contributed by atoms with van der Waals surface area (Å²) in [5.41, 5.74) is 0. The number of methoxy groups -OCH3 is 2. The van der Waals surface area contributed by atoms with Gasteiger partial charge < -0.3 is 29.2 Å². The first-order valence-electron chi connectivity index (χ1n) is 6.43. The van der Waals surface area contributed by atoms with E-state index in [0.29, 0.717) is 5.75 Å². The molecule has 0 aromatic heterocycles. The van der Waals surface area contributed by atoms with Crippen LogP contribution in [0.4, 0.5) is 0 Å². The third-order valence-electron chi connectivity index (χ3n) is 3.34. The molecular weight excluding hydrogens is 264 g/mol. The molecule has 1 fully saturated rings. The van der Waals surface area contributed by atoms with Crippen LogP contribution in [0.15, 0.2) is 30.3 Å². The molecule has 1 aliphatic heterocycles. The van der Waals surface area contributed by atoms with Crippen LogP contribution in [0.25, 0.3) is 0 Å². The molecule has 1 aromatic carbocycles. The number of benzene rings is 1. The van der Waals surface area contributed by atoms with Crippen molar-refractivity contribution in [2.45, 2.75) is 30.7 Å². The lowest BCUT2D eigenvalue weighted by Gasteiger charge is -2.42. The van der Waals surface area contributed by atoms with Crippen LogP contribution in [0.5, 0.6) is 5.75 Å². The van der Waals surface area contributed by atoms with E-state index in [1.54, 1.807) is 12.1 Å². The molecule has 0 unspecified atom stereocenters. The molecule has 0 amide bonds. The zero-order valence-corrected chi connectivity index (χ0v) is 11.5. The van der Waals surface area contributed by atoms with Crippen molar-refractivity contribution in [2.75, 3.05) is 20.8 Å². The van der Waals surface area contributed by atoms with Crippen LogP contribution in [-0.4, -0.2) is 61.7 Å². The van der Waals surface area contributed by atoms with Gasteiger partial charge in [-0.2, -0.15) is 0 Å². The lowest BCUT2D eigenvalue weighted by molar-refractivity contribution is -0.287. The SMILES string of the molecule is CO[C@H]1[C@H](Oc2ccccc2)O[C@H](CO)[C@@H](O)[C@@H]1OC. The van der Waals surface area contributed by atoms with Crippen molar-refractivity contribution < 1.29 is 29.2 Å². The Hall–Kier alpha value is -1.18. The molecule has 0 bridgehead atoms. The average Bonchev–Trinajstić information content (AvgIpc) is 2.49. The van der Waals surface area contributed by atoms with Crippen LogP contribution in [0.3, 0.4) is 0 Å².